The summed E-state index contributed by atoms with van der Waals surface area (Å²) < 4.78 is 7.48. The number of aryl methyl sites for hydroxylation is 1. The Morgan fingerprint density at radius 3 is 3.26 bits per heavy atom. The molecule has 0 aliphatic carbocycles. The number of rotatable bonds is 6. The first kappa shape index (κ1) is 14.1. The molecule has 1 atom stereocenters. The first-order valence-corrected chi connectivity index (χ1v) is 7.02. The van der Waals surface area contributed by atoms with Crippen LogP contribution >= 0.6 is 0 Å². The molecule has 106 valence electrons. The summed E-state index contributed by atoms with van der Waals surface area (Å²) in [7, 11) is 0. The highest BCUT2D eigenvalue weighted by Gasteiger charge is 2.20. The lowest BCUT2D eigenvalue weighted by molar-refractivity contribution is -0.126. The van der Waals surface area contributed by atoms with Gasteiger partial charge < -0.3 is 14.6 Å². The predicted molar refractivity (Wildman–Crippen MR) is 72.8 cm³/mol. The second kappa shape index (κ2) is 6.70. The van der Waals surface area contributed by atoms with Crippen LogP contribution < -0.4 is 5.32 Å². The molecule has 5 nitrogen and oxygen atoms in total. The molecule has 5 heteroatoms. The van der Waals surface area contributed by atoms with Gasteiger partial charge in [0.15, 0.2) is 0 Å². The van der Waals surface area contributed by atoms with Crippen molar-refractivity contribution in [1.82, 2.24) is 14.9 Å². The van der Waals surface area contributed by atoms with Crippen LogP contribution in [0.2, 0.25) is 0 Å². The number of hydrogen-bond donors (Lipinski definition) is 1. The molecule has 0 bridgehead atoms. The van der Waals surface area contributed by atoms with Crippen molar-refractivity contribution in [3.63, 3.8) is 0 Å². The van der Waals surface area contributed by atoms with Gasteiger partial charge in [-0.2, -0.15) is 0 Å². The zero-order chi connectivity index (χ0) is 13.7. The van der Waals surface area contributed by atoms with Gasteiger partial charge in [0.25, 0.3) is 0 Å². The summed E-state index contributed by atoms with van der Waals surface area (Å²) in [5.41, 5.74) is 0. The fraction of sp³-hybridized carbons (Fsp3) is 0.714. The molecule has 1 unspecified atom stereocenters. The van der Waals surface area contributed by atoms with Crippen LogP contribution in [0.4, 0.5) is 0 Å². The third-order valence-corrected chi connectivity index (χ3v) is 3.37. The minimum Gasteiger partial charge on any atom is -0.372 e. The second-order valence-corrected chi connectivity index (χ2v) is 5.53. The van der Waals surface area contributed by atoms with E-state index in [1.165, 1.54) is 0 Å². The summed E-state index contributed by atoms with van der Waals surface area (Å²) in [4.78, 5) is 16.0. The summed E-state index contributed by atoms with van der Waals surface area (Å²) in [5.74, 6) is 1.71. The first-order valence-electron chi connectivity index (χ1n) is 7.02. The third-order valence-electron chi connectivity index (χ3n) is 3.37. The quantitative estimate of drug-likeness (QED) is 0.791. The van der Waals surface area contributed by atoms with E-state index in [1.54, 1.807) is 0 Å². The van der Waals surface area contributed by atoms with Gasteiger partial charge in [0, 0.05) is 38.0 Å². The molecule has 1 aliphatic heterocycles. The molecule has 19 heavy (non-hydrogen) atoms. The maximum Gasteiger partial charge on any atom is 0.246 e. The highest BCUT2D eigenvalue weighted by atomic mass is 16.5. The standard InChI is InChI=1S/C14H23N3O2/c1-11(2)5-8-19-10-14(18)16-12-3-4-13-15-6-7-17(13)9-12/h6-7,11-12H,3-5,8-10H2,1-2H3,(H,16,18). The Morgan fingerprint density at radius 1 is 1.63 bits per heavy atom. The topological polar surface area (TPSA) is 56.1 Å². The predicted octanol–water partition coefficient (Wildman–Crippen LogP) is 1.38. The minimum atomic E-state index is -0.0164. The van der Waals surface area contributed by atoms with E-state index < -0.39 is 0 Å². The number of aromatic nitrogens is 2. The lowest BCUT2D eigenvalue weighted by atomic mass is 10.1. The van der Waals surface area contributed by atoms with Gasteiger partial charge in [0.1, 0.15) is 12.4 Å². The van der Waals surface area contributed by atoms with Gasteiger partial charge in [-0.1, -0.05) is 13.8 Å². The van der Waals surface area contributed by atoms with E-state index in [9.17, 15) is 4.79 Å². The number of nitrogens with zero attached hydrogens (tertiary/aromatic N) is 2. The maximum absolute atomic E-state index is 11.7. The van der Waals surface area contributed by atoms with E-state index in [4.69, 9.17) is 4.74 Å². The Bertz CT molecular complexity index is 415. The molecular weight excluding hydrogens is 242 g/mol. The van der Waals surface area contributed by atoms with Gasteiger partial charge in [-0.25, -0.2) is 4.98 Å². The van der Waals surface area contributed by atoms with Crippen LogP contribution in [-0.2, 0) is 22.5 Å². The summed E-state index contributed by atoms with van der Waals surface area (Å²) in [5, 5.41) is 3.03. The van der Waals surface area contributed by atoms with Crippen molar-refractivity contribution in [3.05, 3.63) is 18.2 Å². The number of hydrogen-bond acceptors (Lipinski definition) is 3. The van der Waals surface area contributed by atoms with Crippen molar-refractivity contribution >= 4 is 5.91 Å². The molecule has 1 aliphatic rings. The number of carbonyl (C=O) groups excluding carboxylic acids is 1. The van der Waals surface area contributed by atoms with Gasteiger partial charge in [0.05, 0.1) is 0 Å². The van der Waals surface area contributed by atoms with Crippen LogP contribution in [0.3, 0.4) is 0 Å². The molecule has 2 heterocycles. The van der Waals surface area contributed by atoms with Gasteiger partial charge in [-0.15, -0.1) is 0 Å². The maximum atomic E-state index is 11.7. The van der Waals surface area contributed by atoms with Crippen molar-refractivity contribution in [2.45, 2.75) is 45.7 Å². The molecule has 1 aromatic heterocycles. The monoisotopic (exact) mass is 265 g/mol. The highest BCUT2D eigenvalue weighted by Crippen LogP contribution is 2.12. The fourth-order valence-electron chi connectivity index (χ4n) is 2.24. The summed E-state index contributed by atoms with van der Waals surface area (Å²) in [6.45, 7) is 5.93. The van der Waals surface area contributed by atoms with E-state index in [2.05, 4.69) is 28.7 Å². The Hall–Kier alpha value is -1.36. The number of amides is 1. The van der Waals surface area contributed by atoms with E-state index in [0.717, 1.165) is 31.6 Å². The van der Waals surface area contributed by atoms with Crippen LogP contribution in [0.5, 0.6) is 0 Å². The van der Waals surface area contributed by atoms with E-state index >= 15 is 0 Å². The molecule has 2 rings (SSSR count). The lowest BCUT2D eigenvalue weighted by Gasteiger charge is -2.24. The van der Waals surface area contributed by atoms with Crippen LogP contribution in [-0.4, -0.2) is 34.7 Å². The van der Waals surface area contributed by atoms with Crippen LogP contribution in [0.1, 0.15) is 32.5 Å². The molecule has 1 amide bonds. The van der Waals surface area contributed by atoms with E-state index in [1.807, 2.05) is 12.4 Å². The summed E-state index contributed by atoms with van der Waals surface area (Å²) in [6.07, 6.45) is 6.65. The second-order valence-electron chi connectivity index (χ2n) is 5.53. The Kier molecular flexibility index (Phi) is 4.96. The van der Waals surface area contributed by atoms with E-state index in [0.29, 0.717) is 12.5 Å². The number of imidazole rings is 1. The number of carbonyl (C=O) groups is 1. The van der Waals surface area contributed by atoms with Gasteiger partial charge >= 0.3 is 0 Å². The molecule has 0 aromatic carbocycles. The van der Waals surface area contributed by atoms with Crippen molar-refractivity contribution < 1.29 is 9.53 Å². The molecule has 1 N–H and O–H groups in total. The third kappa shape index (κ3) is 4.35. The zero-order valence-corrected chi connectivity index (χ0v) is 11.8. The fourth-order valence-corrected chi connectivity index (χ4v) is 2.24. The van der Waals surface area contributed by atoms with Crippen molar-refractivity contribution in [2.24, 2.45) is 5.92 Å². The lowest BCUT2D eigenvalue weighted by Crippen LogP contribution is -2.42. The normalized spacial score (nSPS) is 18.4. The van der Waals surface area contributed by atoms with Crippen LogP contribution in [0.25, 0.3) is 0 Å². The smallest absolute Gasteiger partial charge is 0.246 e. The molecule has 0 radical (unpaired) electrons. The number of nitrogens with one attached hydrogen (secondary N) is 1. The molecule has 0 saturated carbocycles. The van der Waals surface area contributed by atoms with Crippen molar-refractivity contribution in [2.75, 3.05) is 13.2 Å². The van der Waals surface area contributed by atoms with Crippen LogP contribution in [0.15, 0.2) is 12.4 Å². The Morgan fingerprint density at radius 2 is 2.47 bits per heavy atom. The molecular formula is C14H23N3O2. The van der Waals surface area contributed by atoms with Gasteiger partial charge in [-0.3, -0.25) is 4.79 Å². The van der Waals surface area contributed by atoms with Gasteiger partial charge in [-0.05, 0) is 18.8 Å². The molecule has 0 spiro atoms. The first-order chi connectivity index (χ1) is 9.15. The minimum absolute atomic E-state index is 0.0164. The SMILES string of the molecule is CC(C)CCOCC(=O)NC1CCc2nccn2C1. The average Bonchev–Trinajstić information content (AvgIpc) is 2.82. The summed E-state index contributed by atoms with van der Waals surface area (Å²) >= 11 is 0. The molecule has 0 fully saturated rings. The average molecular weight is 265 g/mol. The molecule has 0 saturated heterocycles. The Balaban J connectivity index is 1.66. The van der Waals surface area contributed by atoms with Crippen molar-refractivity contribution in [1.29, 1.82) is 0 Å². The zero-order valence-electron chi connectivity index (χ0n) is 11.8. The van der Waals surface area contributed by atoms with E-state index in [-0.39, 0.29) is 18.6 Å². The largest absolute Gasteiger partial charge is 0.372 e. The van der Waals surface area contributed by atoms with Crippen molar-refractivity contribution in [3.8, 4) is 0 Å². The Labute approximate surface area is 114 Å². The summed E-state index contributed by atoms with van der Waals surface area (Å²) in [6, 6.07) is 0.197. The number of fused-ring (bicyclic) bond motifs is 1. The van der Waals surface area contributed by atoms with Gasteiger partial charge in [0.2, 0.25) is 5.91 Å². The highest BCUT2D eigenvalue weighted by molar-refractivity contribution is 5.77. The number of ether oxygens (including phenoxy) is 1. The molecule has 1 aromatic rings. The van der Waals surface area contributed by atoms with Crippen LogP contribution in [0, 0.1) is 5.92 Å².